The van der Waals surface area contributed by atoms with Gasteiger partial charge in [-0.15, -0.1) is 0 Å². The van der Waals surface area contributed by atoms with E-state index in [1.54, 1.807) is 40.3 Å². The Morgan fingerprint density at radius 2 is 2.15 bits per heavy atom. The molecule has 0 saturated carbocycles. The second-order valence-corrected chi connectivity index (χ2v) is 6.52. The number of hydrogen-bond acceptors (Lipinski definition) is 4. The number of nitrogens with zero attached hydrogens (tertiary/aromatic N) is 3. The van der Waals surface area contributed by atoms with E-state index in [2.05, 4.69) is 4.98 Å². The number of benzene rings is 1. The molecule has 0 aliphatic carbocycles. The average molecular weight is 374 g/mol. The molecule has 2 aromatic rings. The molecule has 1 saturated heterocycles. The second kappa shape index (κ2) is 7.33. The molecule has 0 unspecified atom stereocenters. The van der Waals surface area contributed by atoms with Crippen LogP contribution in [0, 0.1) is 6.92 Å². The number of amides is 2. The zero-order valence-corrected chi connectivity index (χ0v) is 15.7. The molecule has 1 aromatic heterocycles. The summed E-state index contributed by atoms with van der Waals surface area (Å²) in [4.78, 5) is 32.7. The SMILES string of the molecule is CC[C@H]1CN(c2nccc(Cl)c2C)C(=O)N1c1cccc(C(=O)OC)c1. The zero-order valence-electron chi connectivity index (χ0n) is 14.9. The van der Waals surface area contributed by atoms with E-state index in [9.17, 15) is 9.59 Å². The first kappa shape index (κ1) is 18.2. The summed E-state index contributed by atoms with van der Waals surface area (Å²) >= 11 is 6.19. The third kappa shape index (κ3) is 3.12. The molecule has 2 amide bonds. The summed E-state index contributed by atoms with van der Waals surface area (Å²) in [6.45, 7) is 4.38. The number of carbonyl (C=O) groups is 2. The van der Waals surface area contributed by atoms with Crippen molar-refractivity contribution in [2.45, 2.75) is 26.3 Å². The highest BCUT2D eigenvalue weighted by molar-refractivity contribution is 6.31. The van der Waals surface area contributed by atoms with Gasteiger partial charge < -0.3 is 4.74 Å². The third-order valence-corrected chi connectivity index (χ3v) is 4.99. The maximum absolute atomic E-state index is 13.1. The summed E-state index contributed by atoms with van der Waals surface area (Å²) < 4.78 is 4.78. The minimum absolute atomic E-state index is 0.0319. The molecule has 0 spiro atoms. The number of aromatic nitrogens is 1. The minimum Gasteiger partial charge on any atom is -0.465 e. The summed E-state index contributed by atoms with van der Waals surface area (Å²) in [7, 11) is 1.33. The first-order chi connectivity index (χ1) is 12.5. The van der Waals surface area contributed by atoms with Crippen molar-refractivity contribution in [2.75, 3.05) is 23.5 Å². The molecule has 6 nitrogen and oxygen atoms in total. The molecule has 0 N–H and O–H groups in total. The van der Waals surface area contributed by atoms with Crippen molar-refractivity contribution in [1.82, 2.24) is 4.98 Å². The molecule has 7 heteroatoms. The number of rotatable bonds is 4. The zero-order chi connectivity index (χ0) is 18.8. The van der Waals surface area contributed by atoms with Crippen molar-refractivity contribution in [3.63, 3.8) is 0 Å². The molecule has 136 valence electrons. The lowest BCUT2D eigenvalue weighted by Crippen LogP contribution is -2.35. The molecule has 1 aromatic carbocycles. The van der Waals surface area contributed by atoms with E-state index in [0.29, 0.717) is 28.6 Å². The maximum Gasteiger partial charge on any atom is 0.337 e. The van der Waals surface area contributed by atoms with Gasteiger partial charge in [-0.05, 0) is 37.6 Å². The number of halogens is 1. The van der Waals surface area contributed by atoms with Crippen LogP contribution in [0.25, 0.3) is 0 Å². The number of pyridine rings is 1. The highest BCUT2D eigenvalue weighted by atomic mass is 35.5. The molecule has 3 rings (SSSR count). The Labute approximate surface area is 157 Å². The van der Waals surface area contributed by atoms with E-state index in [0.717, 1.165) is 12.0 Å². The van der Waals surface area contributed by atoms with Crippen LogP contribution in [0.3, 0.4) is 0 Å². The summed E-state index contributed by atoms with van der Waals surface area (Å²) in [6.07, 6.45) is 2.36. The van der Waals surface area contributed by atoms with E-state index in [-0.39, 0.29) is 12.1 Å². The van der Waals surface area contributed by atoms with Crippen LogP contribution in [-0.4, -0.2) is 36.7 Å². The third-order valence-electron chi connectivity index (χ3n) is 4.58. The number of methoxy groups -OCH3 is 1. The maximum atomic E-state index is 13.1. The predicted octanol–water partition coefficient (Wildman–Crippen LogP) is 4.06. The summed E-state index contributed by atoms with van der Waals surface area (Å²) in [5.74, 6) is 0.128. The van der Waals surface area contributed by atoms with Gasteiger partial charge >= 0.3 is 12.0 Å². The van der Waals surface area contributed by atoms with E-state index >= 15 is 0 Å². The van der Waals surface area contributed by atoms with Crippen LogP contribution in [-0.2, 0) is 4.74 Å². The van der Waals surface area contributed by atoms with Crippen molar-refractivity contribution in [3.8, 4) is 0 Å². The number of esters is 1. The van der Waals surface area contributed by atoms with Crippen molar-refractivity contribution < 1.29 is 14.3 Å². The fraction of sp³-hybridized carbons (Fsp3) is 0.316. The Bertz CT molecular complexity index is 856. The van der Waals surface area contributed by atoms with Gasteiger partial charge in [0.15, 0.2) is 0 Å². The number of anilines is 2. The lowest BCUT2D eigenvalue weighted by molar-refractivity contribution is 0.0600. The fourth-order valence-electron chi connectivity index (χ4n) is 3.14. The monoisotopic (exact) mass is 373 g/mol. The lowest BCUT2D eigenvalue weighted by Gasteiger charge is -2.23. The van der Waals surface area contributed by atoms with Crippen molar-refractivity contribution in [2.24, 2.45) is 0 Å². The molecule has 0 bridgehead atoms. The van der Waals surface area contributed by atoms with E-state index in [4.69, 9.17) is 16.3 Å². The van der Waals surface area contributed by atoms with Gasteiger partial charge in [-0.1, -0.05) is 24.6 Å². The highest BCUT2D eigenvalue weighted by Gasteiger charge is 2.39. The topological polar surface area (TPSA) is 62.7 Å². The van der Waals surface area contributed by atoms with Gasteiger partial charge in [-0.3, -0.25) is 9.80 Å². The van der Waals surface area contributed by atoms with Crippen LogP contribution in [0.2, 0.25) is 5.02 Å². The van der Waals surface area contributed by atoms with Gasteiger partial charge in [0.25, 0.3) is 0 Å². The molecule has 1 fully saturated rings. The predicted molar refractivity (Wildman–Crippen MR) is 101 cm³/mol. The van der Waals surface area contributed by atoms with Gasteiger partial charge in [0, 0.05) is 22.5 Å². The van der Waals surface area contributed by atoms with Crippen LogP contribution in [0.15, 0.2) is 36.5 Å². The van der Waals surface area contributed by atoms with Crippen LogP contribution in [0.5, 0.6) is 0 Å². The van der Waals surface area contributed by atoms with Gasteiger partial charge in [-0.2, -0.15) is 0 Å². The van der Waals surface area contributed by atoms with Crippen LogP contribution < -0.4 is 9.80 Å². The average Bonchev–Trinajstić information content (AvgIpc) is 2.99. The number of hydrogen-bond donors (Lipinski definition) is 0. The standard InChI is InChI=1S/C19H20ClN3O3/c1-4-14-11-22(17-12(2)16(20)8-9-21-17)19(25)23(14)15-7-5-6-13(10-15)18(24)26-3/h5-10,14H,4,11H2,1-3H3/t14-/m0/s1. The second-order valence-electron chi connectivity index (χ2n) is 6.11. The Balaban J connectivity index is 1.99. The highest BCUT2D eigenvalue weighted by Crippen LogP contribution is 2.32. The molecule has 1 atom stereocenters. The van der Waals surface area contributed by atoms with Gasteiger partial charge in [0.05, 0.1) is 25.3 Å². The minimum atomic E-state index is -0.434. The molecule has 1 aliphatic heterocycles. The molecule has 0 radical (unpaired) electrons. The summed E-state index contributed by atoms with van der Waals surface area (Å²) in [6, 6.07) is 8.38. The number of carbonyl (C=O) groups excluding carboxylic acids is 2. The Morgan fingerprint density at radius 3 is 2.85 bits per heavy atom. The Kier molecular flexibility index (Phi) is 5.13. The molecule has 26 heavy (non-hydrogen) atoms. The van der Waals surface area contributed by atoms with E-state index < -0.39 is 5.97 Å². The lowest BCUT2D eigenvalue weighted by atomic mass is 10.1. The van der Waals surface area contributed by atoms with Crippen LogP contribution >= 0.6 is 11.6 Å². The Hall–Kier alpha value is -2.60. The summed E-state index contributed by atoms with van der Waals surface area (Å²) in [5.41, 5.74) is 1.83. The van der Waals surface area contributed by atoms with Crippen molar-refractivity contribution in [1.29, 1.82) is 0 Å². The Morgan fingerprint density at radius 1 is 1.38 bits per heavy atom. The normalized spacial score (nSPS) is 16.9. The fourth-order valence-corrected chi connectivity index (χ4v) is 3.28. The smallest absolute Gasteiger partial charge is 0.337 e. The first-order valence-electron chi connectivity index (χ1n) is 8.38. The molecule has 2 heterocycles. The van der Waals surface area contributed by atoms with Gasteiger partial charge in [0.2, 0.25) is 0 Å². The largest absolute Gasteiger partial charge is 0.465 e. The molecule has 1 aliphatic rings. The van der Waals surface area contributed by atoms with Crippen molar-refractivity contribution >= 4 is 35.1 Å². The molecular formula is C19H20ClN3O3. The summed E-state index contributed by atoms with van der Waals surface area (Å²) in [5, 5.41) is 0.571. The van der Waals surface area contributed by atoms with E-state index in [1.807, 2.05) is 19.9 Å². The quantitative estimate of drug-likeness (QED) is 0.758. The van der Waals surface area contributed by atoms with Crippen molar-refractivity contribution in [3.05, 3.63) is 52.7 Å². The number of urea groups is 1. The van der Waals surface area contributed by atoms with Gasteiger partial charge in [0.1, 0.15) is 5.82 Å². The number of ether oxygens (including phenoxy) is 1. The van der Waals surface area contributed by atoms with E-state index in [1.165, 1.54) is 7.11 Å². The van der Waals surface area contributed by atoms with Gasteiger partial charge in [-0.25, -0.2) is 14.6 Å². The van der Waals surface area contributed by atoms with Crippen LogP contribution in [0.4, 0.5) is 16.3 Å². The first-order valence-corrected chi connectivity index (χ1v) is 8.76. The molecular weight excluding hydrogens is 354 g/mol. The van der Waals surface area contributed by atoms with Crippen LogP contribution in [0.1, 0.15) is 29.3 Å².